The van der Waals surface area contributed by atoms with Gasteiger partial charge in [0.05, 0.1) is 6.61 Å². The quantitative estimate of drug-likeness (QED) is 0.375. The molecule has 2 unspecified atom stereocenters. The highest BCUT2D eigenvalue weighted by Crippen LogP contribution is 2.62. The maximum Gasteiger partial charge on any atom is 0.408 e. The molecule has 5 rings (SSSR count). The summed E-state index contributed by atoms with van der Waals surface area (Å²) in [7, 11) is 3.75. The molecule has 1 fully saturated rings. The molecule has 33 heavy (non-hydrogen) atoms. The zero-order valence-corrected chi connectivity index (χ0v) is 19.2. The standard InChI is InChI=1S/C24H30N2O7/c1-4-30-19(27)12-25-23(28)32-18-8-6-15-16-11-14-5-7-17(31-13-29-3)21-20(14)24(15,22(18)33-21)9-10-26(16)2/h5-8,15-16,18,22H,4,9-13H2,1-3H3,(H,25,28)/t15-,16+,18?,22?,24-/m0/s1. The highest BCUT2D eigenvalue weighted by Gasteiger charge is 2.65. The Morgan fingerprint density at radius 3 is 2.94 bits per heavy atom. The van der Waals surface area contributed by atoms with Crippen LogP contribution in [0.2, 0.25) is 0 Å². The van der Waals surface area contributed by atoms with Gasteiger partial charge in [0.25, 0.3) is 0 Å². The molecule has 1 saturated heterocycles. The molecule has 0 aromatic heterocycles. The molecule has 1 spiro atoms. The van der Waals surface area contributed by atoms with Crippen LogP contribution in [0.15, 0.2) is 24.3 Å². The van der Waals surface area contributed by atoms with E-state index in [2.05, 4.69) is 29.4 Å². The summed E-state index contributed by atoms with van der Waals surface area (Å²) in [5, 5.41) is 2.48. The van der Waals surface area contributed by atoms with Crippen LogP contribution in [-0.4, -0.2) is 75.9 Å². The number of hydrogen-bond acceptors (Lipinski definition) is 8. The number of hydrogen-bond donors (Lipinski definition) is 1. The van der Waals surface area contributed by atoms with Gasteiger partial charge in [0, 0.05) is 30.0 Å². The number of carbonyl (C=O) groups is 2. The molecule has 178 valence electrons. The highest BCUT2D eigenvalue weighted by atomic mass is 16.7. The Balaban J connectivity index is 1.46. The van der Waals surface area contributed by atoms with Crippen molar-refractivity contribution in [3.05, 3.63) is 35.4 Å². The average Bonchev–Trinajstić information content (AvgIpc) is 3.16. The van der Waals surface area contributed by atoms with Crippen LogP contribution in [0.3, 0.4) is 0 Å². The van der Waals surface area contributed by atoms with E-state index < -0.39 is 18.2 Å². The molecule has 4 aliphatic rings. The number of nitrogens with zero attached hydrogens (tertiary/aromatic N) is 1. The molecule has 2 aliphatic carbocycles. The number of methoxy groups -OCH3 is 1. The highest BCUT2D eigenvalue weighted by molar-refractivity contribution is 5.78. The lowest BCUT2D eigenvalue weighted by Gasteiger charge is -2.56. The van der Waals surface area contributed by atoms with Crippen molar-refractivity contribution in [2.75, 3.05) is 40.6 Å². The van der Waals surface area contributed by atoms with Crippen LogP contribution in [-0.2, 0) is 30.8 Å². The van der Waals surface area contributed by atoms with Crippen molar-refractivity contribution in [1.82, 2.24) is 10.2 Å². The zero-order chi connectivity index (χ0) is 23.2. The summed E-state index contributed by atoms with van der Waals surface area (Å²) in [5.41, 5.74) is 2.14. The van der Waals surface area contributed by atoms with Gasteiger partial charge in [0.1, 0.15) is 12.6 Å². The Hall–Kier alpha value is -2.78. The fourth-order valence-electron chi connectivity index (χ4n) is 6.07. The van der Waals surface area contributed by atoms with Crippen LogP contribution in [0, 0.1) is 5.92 Å². The van der Waals surface area contributed by atoms with Crippen molar-refractivity contribution in [3.8, 4) is 11.5 Å². The molecule has 1 aromatic rings. The second-order valence-corrected chi connectivity index (χ2v) is 9.00. The number of carbonyl (C=O) groups excluding carboxylic acids is 2. The van der Waals surface area contributed by atoms with Crippen molar-refractivity contribution < 1.29 is 33.3 Å². The Bertz CT molecular complexity index is 980. The van der Waals surface area contributed by atoms with Gasteiger partial charge in [-0.15, -0.1) is 0 Å². The number of alkyl carbamates (subject to hydrolysis) is 1. The summed E-state index contributed by atoms with van der Waals surface area (Å²) >= 11 is 0. The summed E-state index contributed by atoms with van der Waals surface area (Å²) < 4.78 is 28.1. The third-order valence-electron chi connectivity index (χ3n) is 7.37. The number of amides is 1. The van der Waals surface area contributed by atoms with Crippen molar-refractivity contribution in [3.63, 3.8) is 0 Å². The summed E-state index contributed by atoms with van der Waals surface area (Å²) in [5.74, 6) is 1.11. The molecule has 0 radical (unpaired) electrons. The van der Waals surface area contributed by atoms with Crippen molar-refractivity contribution in [1.29, 1.82) is 0 Å². The van der Waals surface area contributed by atoms with E-state index >= 15 is 0 Å². The van der Waals surface area contributed by atoms with E-state index in [1.54, 1.807) is 14.0 Å². The molecule has 1 amide bonds. The fourth-order valence-corrected chi connectivity index (χ4v) is 6.07. The smallest absolute Gasteiger partial charge is 0.408 e. The Labute approximate surface area is 192 Å². The first-order chi connectivity index (χ1) is 16.0. The number of ether oxygens (including phenoxy) is 5. The van der Waals surface area contributed by atoms with Crippen LogP contribution in [0.25, 0.3) is 0 Å². The molecule has 9 heteroatoms. The molecular formula is C24H30N2O7. The third kappa shape index (κ3) is 3.45. The van der Waals surface area contributed by atoms with Gasteiger partial charge in [-0.3, -0.25) is 4.79 Å². The summed E-state index contributed by atoms with van der Waals surface area (Å²) in [6.07, 6.45) is 4.28. The number of benzene rings is 1. The van der Waals surface area contributed by atoms with Crippen LogP contribution < -0.4 is 14.8 Å². The SMILES string of the molecule is CCOC(=O)CNC(=O)OC1C=C[C@H]2[C@H]3Cc4ccc(OCOC)c5c4[C@@]2(CCN3C)C1O5. The maximum absolute atomic E-state index is 12.5. The fraction of sp³-hybridized carbons (Fsp3) is 0.583. The normalized spacial score (nSPS) is 30.8. The lowest BCUT2D eigenvalue weighted by atomic mass is 9.53. The summed E-state index contributed by atoms with van der Waals surface area (Å²) in [4.78, 5) is 26.5. The number of nitrogens with one attached hydrogen (secondary N) is 1. The molecule has 2 aliphatic heterocycles. The largest absolute Gasteiger partial charge is 0.481 e. The van der Waals surface area contributed by atoms with E-state index in [-0.39, 0.29) is 37.4 Å². The monoisotopic (exact) mass is 458 g/mol. The topological polar surface area (TPSA) is 95.6 Å². The molecule has 9 nitrogen and oxygen atoms in total. The van der Waals surface area contributed by atoms with Crippen LogP contribution >= 0.6 is 0 Å². The zero-order valence-electron chi connectivity index (χ0n) is 19.2. The minimum Gasteiger partial charge on any atom is -0.481 e. The lowest BCUT2D eigenvalue weighted by Crippen LogP contribution is -2.65. The lowest BCUT2D eigenvalue weighted by molar-refractivity contribution is -0.142. The van der Waals surface area contributed by atoms with Crippen molar-refractivity contribution >= 4 is 12.1 Å². The molecule has 1 aromatic carbocycles. The van der Waals surface area contributed by atoms with Crippen LogP contribution in [0.4, 0.5) is 4.79 Å². The van der Waals surface area contributed by atoms with E-state index in [0.29, 0.717) is 11.8 Å². The number of rotatable bonds is 7. The van der Waals surface area contributed by atoms with Gasteiger partial charge in [0.2, 0.25) is 0 Å². The first-order valence-electron chi connectivity index (χ1n) is 11.4. The molecule has 1 N–H and O–H groups in total. The average molecular weight is 459 g/mol. The predicted molar refractivity (Wildman–Crippen MR) is 117 cm³/mol. The maximum atomic E-state index is 12.5. The van der Waals surface area contributed by atoms with Crippen molar-refractivity contribution in [2.45, 2.75) is 43.4 Å². The van der Waals surface area contributed by atoms with Crippen LogP contribution in [0.1, 0.15) is 24.5 Å². The molecule has 5 atom stereocenters. The first-order valence-corrected chi connectivity index (χ1v) is 11.4. The number of likely N-dealkylation sites (tertiary alicyclic amines) is 1. The van der Waals surface area contributed by atoms with E-state index in [0.717, 1.165) is 25.1 Å². The molecular weight excluding hydrogens is 428 g/mol. The van der Waals surface area contributed by atoms with Gasteiger partial charge >= 0.3 is 12.1 Å². The Morgan fingerprint density at radius 1 is 1.30 bits per heavy atom. The Morgan fingerprint density at radius 2 is 2.15 bits per heavy atom. The van der Waals surface area contributed by atoms with E-state index in [4.69, 9.17) is 23.7 Å². The number of likely N-dealkylation sites (N-methyl/N-ethyl adjacent to an activating group) is 1. The summed E-state index contributed by atoms with van der Waals surface area (Å²) in [6.45, 7) is 2.78. The van der Waals surface area contributed by atoms with Gasteiger partial charge in [-0.1, -0.05) is 12.1 Å². The third-order valence-corrected chi connectivity index (χ3v) is 7.37. The number of piperidine rings is 1. The number of esters is 1. The molecule has 2 heterocycles. The van der Waals surface area contributed by atoms with Crippen LogP contribution in [0.5, 0.6) is 11.5 Å². The van der Waals surface area contributed by atoms with Gasteiger partial charge in [-0.2, -0.15) is 0 Å². The van der Waals surface area contributed by atoms with E-state index in [1.165, 1.54) is 11.1 Å². The minimum absolute atomic E-state index is 0.121. The van der Waals surface area contributed by atoms with Gasteiger partial charge in [0.15, 0.2) is 24.4 Å². The van der Waals surface area contributed by atoms with E-state index in [9.17, 15) is 9.59 Å². The molecule has 0 saturated carbocycles. The second kappa shape index (κ2) is 8.53. The minimum atomic E-state index is -0.677. The van der Waals surface area contributed by atoms with Gasteiger partial charge < -0.3 is 33.9 Å². The predicted octanol–water partition coefficient (Wildman–Crippen LogP) is 1.77. The van der Waals surface area contributed by atoms with Crippen molar-refractivity contribution in [2.24, 2.45) is 5.92 Å². The summed E-state index contributed by atoms with van der Waals surface area (Å²) in [6, 6.07) is 4.41. The second-order valence-electron chi connectivity index (χ2n) is 9.00. The van der Waals surface area contributed by atoms with E-state index in [1.807, 2.05) is 12.1 Å². The Kier molecular flexibility index (Phi) is 5.70. The van der Waals surface area contributed by atoms with Gasteiger partial charge in [-0.05, 0) is 51.1 Å². The first kappa shape index (κ1) is 22.0. The van der Waals surface area contributed by atoms with Gasteiger partial charge in [-0.25, -0.2) is 4.79 Å². The molecule has 2 bridgehead atoms.